The number of esters is 1. The van der Waals surface area contributed by atoms with Crippen LogP contribution < -0.4 is 0 Å². The predicted molar refractivity (Wildman–Crippen MR) is 52.4 cm³/mol. The molecular formula is C11H20O2. The second kappa shape index (κ2) is 4.12. The molecule has 0 aromatic carbocycles. The maximum absolute atomic E-state index is 11.6. The lowest BCUT2D eigenvalue weighted by atomic mass is 9.71. The first-order chi connectivity index (χ1) is 6.08. The third kappa shape index (κ3) is 2.45. The van der Waals surface area contributed by atoms with Crippen LogP contribution in [-0.4, -0.2) is 12.6 Å². The van der Waals surface area contributed by atoms with Crippen molar-refractivity contribution in [3.05, 3.63) is 0 Å². The van der Waals surface area contributed by atoms with Gasteiger partial charge >= 0.3 is 5.97 Å². The van der Waals surface area contributed by atoms with Gasteiger partial charge in [0.25, 0.3) is 0 Å². The number of ether oxygens (including phenoxy) is 1. The van der Waals surface area contributed by atoms with Crippen LogP contribution in [0.3, 0.4) is 0 Å². The van der Waals surface area contributed by atoms with Crippen molar-refractivity contribution in [1.29, 1.82) is 0 Å². The highest BCUT2D eigenvalue weighted by atomic mass is 16.5. The van der Waals surface area contributed by atoms with Gasteiger partial charge in [-0.1, -0.05) is 19.8 Å². The molecule has 2 unspecified atom stereocenters. The van der Waals surface area contributed by atoms with E-state index < -0.39 is 0 Å². The summed E-state index contributed by atoms with van der Waals surface area (Å²) in [7, 11) is 0. The van der Waals surface area contributed by atoms with E-state index in [4.69, 9.17) is 4.74 Å². The lowest BCUT2D eigenvalue weighted by molar-refractivity contribution is -0.157. The zero-order chi connectivity index (χ0) is 9.90. The third-order valence-corrected chi connectivity index (χ3v) is 2.99. The topological polar surface area (TPSA) is 26.3 Å². The predicted octanol–water partition coefficient (Wildman–Crippen LogP) is 2.77. The number of rotatable bonds is 2. The molecule has 76 valence electrons. The highest BCUT2D eigenvalue weighted by molar-refractivity contribution is 5.76. The summed E-state index contributed by atoms with van der Waals surface area (Å²) in [5.41, 5.74) is -0.201. The lowest BCUT2D eigenvalue weighted by Gasteiger charge is -2.34. The fraction of sp³-hybridized carbons (Fsp3) is 0.909. The van der Waals surface area contributed by atoms with E-state index in [1.54, 1.807) is 0 Å². The summed E-state index contributed by atoms with van der Waals surface area (Å²) in [6.07, 6.45) is 4.41. The fourth-order valence-electron chi connectivity index (χ4n) is 2.30. The average Bonchev–Trinajstić information content (AvgIpc) is 2.04. The molecule has 1 fully saturated rings. The molecule has 0 spiro atoms. The summed E-state index contributed by atoms with van der Waals surface area (Å²) in [5, 5.41) is 0. The Morgan fingerprint density at radius 1 is 1.62 bits per heavy atom. The average molecular weight is 184 g/mol. The van der Waals surface area contributed by atoms with Crippen molar-refractivity contribution in [3.8, 4) is 0 Å². The van der Waals surface area contributed by atoms with E-state index in [1.165, 1.54) is 6.42 Å². The smallest absolute Gasteiger partial charge is 0.311 e. The molecule has 13 heavy (non-hydrogen) atoms. The van der Waals surface area contributed by atoms with Gasteiger partial charge in [-0.05, 0) is 32.6 Å². The number of carbonyl (C=O) groups excluding carboxylic acids is 1. The minimum atomic E-state index is -0.201. The molecule has 2 heteroatoms. The Morgan fingerprint density at radius 3 is 2.85 bits per heavy atom. The van der Waals surface area contributed by atoms with E-state index in [1.807, 2.05) is 13.8 Å². The van der Waals surface area contributed by atoms with Crippen LogP contribution in [-0.2, 0) is 9.53 Å². The largest absolute Gasteiger partial charge is 0.466 e. The van der Waals surface area contributed by atoms with Gasteiger partial charge in [0.05, 0.1) is 12.0 Å². The molecule has 0 heterocycles. The fourth-order valence-corrected chi connectivity index (χ4v) is 2.30. The maximum Gasteiger partial charge on any atom is 0.311 e. The van der Waals surface area contributed by atoms with Crippen LogP contribution >= 0.6 is 0 Å². The molecule has 0 N–H and O–H groups in total. The minimum absolute atomic E-state index is 0.00144. The van der Waals surface area contributed by atoms with Crippen LogP contribution in [0.15, 0.2) is 0 Å². The van der Waals surface area contributed by atoms with E-state index in [0.29, 0.717) is 12.5 Å². The van der Waals surface area contributed by atoms with Crippen LogP contribution in [0.2, 0.25) is 0 Å². The van der Waals surface area contributed by atoms with E-state index in [0.717, 1.165) is 19.3 Å². The van der Waals surface area contributed by atoms with E-state index >= 15 is 0 Å². The van der Waals surface area contributed by atoms with Gasteiger partial charge in [0.15, 0.2) is 0 Å². The van der Waals surface area contributed by atoms with Gasteiger partial charge in [0.2, 0.25) is 0 Å². The minimum Gasteiger partial charge on any atom is -0.466 e. The van der Waals surface area contributed by atoms with Gasteiger partial charge in [-0.3, -0.25) is 4.79 Å². The van der Waals surface area contributed by atoms with Crippen molar-refractivity contribution >= 4 is 5.97 Å². The van der Waals surface area contributed by atoms with Crippen LogP contribution in [0.25, 0.3) is 0 Å². The highest BCUT2D eigenvalue weighted by Gasteiger charge is 2.38. The molecule has 0 radical (unpaired) electrons. The van der Waals surface area contributed by atoms with E-state index in [9.17, 15) is 4.79 Å². The zero-order valence-electron chi connectivity index (χ0n) is 8.93. The molecule has 0 aromatic rings. The van der Waals surface area contributed by atoms with E-state index in [2.05, 4.69) is 6.92 Å². The second-order valence-electron chi connectivity index (χ2n) is 4.48. The van der Waals surface area contributed by atoms with Gasteiger partial charge in [0, 0.05) is 0 Å². The molecule has 0 aliphatic heterocycles. The monoisotopic (exact) mass is 184 g/mol. The Balaban J connectivity index is 2.57. The molecule has 2 nitrogen and oxygen atoms in total. The lowest BCUT2D eigenvalue weighted by Crippen LogP contribution is -2.34. The van der Waals surface area contributed by atoms with Crippen molar-refractivity contribution in [3.63, 3.8) is 0 Å². The third-order valence-electron chi connectivity index (χ3n) is 2.99. The van der Waals surface area contributed by atoms with Gasteiger partial charge in [-0.2, -0.15) is 0 Å². The van der Waals surface area contributed by atoms with Crippen molar-refractivity contribution in [2.75, 3.05) is 6.61 Å². The van der Waals surface area contributed by atoms with Crippen LogP contribution in [0, 0.1) is 11.3 Å². The summed E-state index contributed by atoms with van der Waals surface area (Å²) in [6.45, 7) is 6.63. The quantitative estimate of drug-likeness (QED) is 0.617. The normalized spacial score (nSPS) is 34.2. The number of carbonyl (C=O) groups is 1. The molecule has 1 rings (SSSR count). The molecule has 0 amide bonds. The molecule has 1 aliphatic carbocycles. The summed E-state index contributed by atoms with van der Waals surface area (Å²) < 4.78 is 5.09. The molecule has 1 aliphatic rings. The number of hydrogen-bond acceptors (Lipinski definition) is 2. The molecule has 1 saturated carbocycles. The summed E-state index contributed by atoms with van der Waals surface area (Å²) in [6, 6.07) is 0. The SMILES string of the molecule is CCOC(=O)C1(C)CCCC(C)C1. The van der Waals surface area contributed by atoms with Crippen molar-refractivity contribution < 1.29 is 9.53 Å². The standard InChI is InChI=1S/C11H20O2/c1-4-13-10(12)11(3)7-5-6-9(2)8-11/h9H,4-8H2,1-3H3. The second-order valence-corrected chi connectivity index (χ2v) is 4.48. The van der Waals surface area contributed by atoms with Crippen LogP contribution in [0.4, 0.5) is 0 Å². The Hall–Kier alpha value is -0.530. The molecular weight excluding hydrogens is 164 g/mol. The van der Waals surface area contributed by atoms with Gasteiger partial charge in [-0.25, -0.2) is 0 Å². The van der Waals surface area contributed by atoms with Gasteiger partial charge in [-0.15, -0.1) is 0 Å². The maximum atomic E-state index is 11.6. The van der Waals surface area contributed by atoms with Crippen molar-refractivity contribution in [2.24, 2.45) is 11.3 Å². The molecule has 0 bridgehead atoms. The summed E-state index contributed by atoms with van der Waals surface area (Å²) >= 11 is 0. The van der Waals surface area contributed by atoms with Crippen molar-refractivity contribution in [1.82, 2.24) is 0 Å². The first kappa shape index (κ1) is 10.6. The molecule has 0 aromatic heterocycles. The van der Waals surface area contributed by atoms with Crippen molar-refractivity contribution in [2.45, 2.75) is 46.5 Å². The van der Waals surface area contributed by atoms with Gasteiger partial charge < -0.3 is 4.74 Å². The van der Waals surface area contributed by atoms with Crippen LogP contribution in [0.1, 0.15) is 46.5 Å². The van der Waals surface area contributed by atoms with Gasteiger partial charge in [0.1, 0.15) is 0 Å². The Labute approximate surface area is 80.7 Å². The first-order valence-electron chi connectivity index (χ1n) is 5.25. The van der Waals surface area contributed by atoms with E-state index in [-0.39, 0.29) is 11.4 Å². The molecule has 2 atom stereocenters. The zero-order valence-corrected chi connectivity index (χ0v) is 8.93. The highest BCUT2D eigenvalue weighted by Crippen LogP contribution is 2.39. The summed E-state index contributed by atoms with van der Waals surface area (Å²) in [4.78, 5) is 11.6. The Morgan fingerprint density at radius 2 is 2.31 bits per heavy atom. The Bertz CT molecular complexity index is 189. The summed E-state index contributed by atoms with van der Waals surface area (Å²) in [5.74, 6) is 0.671. The van der Waals surface area contributed by atoms with Crippen LogP contribution in [0.5, 0.6) is 0 Å². The first-order valence-corrected chi connectivity index (χ1v) is 5.25. The number of hydrogen-bond donors (Lipinski definition) is 0. The molecule has 0 saturated heterocycles. The Kier molecular flexibility index (Phi) is 3.34.